The SMILES string of the molecule is CC(C)(COc1cnccc1C(F)(F)F)NC(=O)C1CCCCOC1. The summed E-state index contributed by atoms with van der Waals surface area (Å²) in [7, 11) is 0. The molecule has 0 bridgehead atoms. The minimum absolute atomic E-state index is 0.110. The number of nitrogens with one attached hydrogen (secondary N) is 1. The van der Waals surface area contributed by atoms with Gasteiger partial charge in [-0.2, -0.15) is 13.2 Å². The number of hydrogen-bond donors (Lipinski definition) is 1. The van der Waals surface area contributed by atoms with Gasteiger partial charge < -0.3 is 14.8 Å². The molecular weight excluding hydrogens is 337 g/mol. The number of alkyl halides is 3. The Bertz CT molecular complexity index is 583. The third-order valence-electron chi connectivity index (χ3n) is 3.92. The molecule has 1 atom stereocenters. The highest BCUT2D eigenvalue weighted by atomic mass is 19.4. The van der Waals surface area contributed by atoms with E-state index < -0.39 is 17.3 Å². The van der Waals surface area contributed by atoms with Crippen LogP contribution in [0.4, 0.5) is 13.2 Å². The van der Waals surface area contributed by atoms with Crippen molar-refractivity contribution in [2.45, 2.75) is 44.8 Å². The predicted molar refractivity (Wildman–Crippen MR) is 85.1 cm³/mol. The van der Waals surface area contributed by atoms with Crippen molar-refractivity contribution in [3.05, 3.63) is 24.0 Å². The van der Waals surface area contributed by atoms with Crippen LogP contribution < -0.4 is 10.1 Å². The maximum Gasteiger partial charge on any atom is 0.420 e. The molecule has 0 aliphatic carbocycles. The number of halogens is 3. The Morgan fingerprint density at radius 1 is 1.40 bits per heavy atom. The van der Waals surface area contributed by atoms with E-state index in [-0.39, 0.29) is 24.2 Å². The van der Waals surface area contributed by atoms with Crippen molar-refractivity contribution in [1.82, 2.24) is 10.3 Å². The van der Waals surface area contributed by atoms with Crippen LogP contribution in [-0.2, 0) is 15.7 Å². The van der Waals surface area contributed by atoms with Gasteiger partial charge in [0.05, 0.1) is 24.3 Å². The molecule has 8 heteroatoms. The minimum atomic E-state index is -4.52. The molecule has 1 aromatic rings. The highest BCUT2D eigenvalue weighted by Crippen LogP contribution is 2.35. The number of amides is 1. The standard InChI is InChI=1S/C17H23F3N2O3/c1-16(2,22-15(23)12-5-3-4-8-24-10-12)11-25-14-9-21-7-6-13(14)17(18,19)20/h6-7,9,12H,3-5,8,10-11H2,1-2H3,(H,22,23). The summed E-state index contributed by atoms with van der Waals surface area (Å²) >= 11 is 0. The molecule has 0 radical (unpaired) electrons. The quantitative estimate of drug-likeness (QED) is 0.876. The van der Waals surface area contributed by atoms with Crippen LogP contribution in [0.1, 0.15) is 38.7 Å². The number of pyridine rings is 1. The Morgan fingerprint density at radius 3 is 2.88 bits per heavy atom. The zero-order valence-corrected chi connectivity index (χ0v) is 14.4. The average molecular weight is 360 g/mol. The highest BCUT2D eigenvalue weighted by Gasteiger charge is 2.35. The van der Waals surface area contributed by atoms with Crippen LogP contribution in [0.25, 0.3) is 0 Å². The summed E-state index contributed by atoms with van der Waals surface area (Å²) in [6.07, 6.45) is 0.151. The van der Waals surface area contributed by atoms with Gasteiger partial charge in [0.25, 0.3) is 0 Å². The molecule has 1 fully saturated rings. The number of aromatic nitrogens is 1. The molecule has 25 heavy (non-hydrogen) atoms. The molecule has 1 saturated heterocycles. The van der Waals surface area contributed by atoms with Crippen LogP contribution in [0, 0.1) is 5.92 Å². The number of nitrogens with zero attached hydrogens (tertiary/aromatic N) is 1. The van der Waals surface area contributed by atoms with Crippen molar-refractivity contribution >= 4 is 5.91 Å². The van der Waals surface area contributed by atoms with E-state index in [0.717, 1.165) is 37.7 Å². The van der Waals surface area contributed by atoms with Gasteiger partial charge in [-0.1, -0.05) is 6.42 Å². The van der Waals surface area contributed by atoms with E-state index in [9.17, 15) is 18.0 Å². The molecule has 1 aromatic heterocycles. The first-order chi connectivity index (χ1) is 11.7. The van der Waals surface area contributed by atoms with Crippen LogP contribution in [0.5, 0.6) is 5.75 Å². The number of carbonyl (C=O) groups is 1. The van der Waals surface area contributed by atoms with Gasteiger partial charge in [0, 0.05) is 12.8 Å². The summed E-state index contributed by atoms with van der Waals surface area (Å²) in [4.78, 5) is 16.0. The summed E-state index contributed by atoms with van der Waals surface area (Å²) < 4.78 is 49.6. The second kappa shape index (κ2) is 8.03. The molecule has 1 amide bonds. The monoisotopic (exact) mass is 360 g/mol. The van der Waals surface area contributed by atoms with Crippen LogP contribution >= 0.6 is 0 Å². The van der Waals surface area contributed by atoms with Crippen LogP contribution in [0.15, 0.2) is 18.5 Å². The molecular formula is C17H23F3N2O3. The first kappa shape index (κ1) is 19.5. The fourth-order valence-electron chi connectivity index (χ4n) is 2.57. The minimum Gasteiger partial charge on any atom is -0.489 e. The molecule has 1 N–H and O–H groups in total. The highest BCUT2D eigenvalue weighted by molar-refractivity contribution is 5.79. The normalized spacial score (nSPS) is 19.2. The van der Waals surface area contributed by atoms with Gasteiger partial charge in [0.1, 0.15) is 17.9 Å². The molecule has 2 heterocycles. The lowest BCUT2D eigenvalue weighted by atomic mass is 10.00. The predicted octanol–water partition coefficient (Wildman–Crippen LogP) is 3.19. The molecule has 0 saturated carbocycles. The molecule has 5 nitrogen and oxygen atoms in total. The lowest BCUT2D eigenvalue weighted by Crippen LogP contribution is -2.50. The Kier molecular flexibility index (Phi) is 6.26. The molecule has 2 rings (SSSR count). The summed E-state index contributed by atoms with van der Waals surface area (Å²) in [5, 5.41) is 2.84. The summed E-state index contributed by atoms with van der Waals surface area (Å²) in [5.74, 6) is -0.765. The largest absolute Gasteiger partial charge is 0.489 e. The Labute approximate surface area is 144 Å². The molecule has 1 unspecified atom stereocenters. The molecule has 1 aliphatic rings. The first-order valence-electron chi connectivity index (χ1n) is 8.23. The number of rotatable bonds is 5. The van der Waals surface area contributed by atoms with Crippen molar-refractivity contribution < 1.29 is 27.4 Å². The van der Waals surface area contributed by atoms with Crippen LogP contribution in [-0.4, -0.2) is 36.3 Å². The average Bonchev–Trinajstić information content (AvgIpc) is 2.81. The van der Waals surface area contributed by atoms with Gasteiger partial charge in [-0.05, 0) is 32.8 Å². The van der Waals surface area contributed by atoms with Crippen molar-refractivity contribution in [3.63, 3.8) is 0 Å². The number of ether oxygens (including phenoxy) is 2. The topological polar surface area (TPSA) is 60.5 Å². The van der Waals surface area contributed by atoms with Crippen molar-refractivity contribution in [1.29, 1.82) is 0 Å². The van der Waals surface area contributed by atoms with E-state index in [1.807, 2.05) is 0 Å². The smallest absolute Gasteiger partial charge is 0.420 e. The van der Waals surface area contributed by atoms with E-state index in [1.165, 1.54) is 0 Å². The zero-order chi connectivity index (χ0) is 18.5. The van der Waals surface area contributed by atoms with E-state index in [0.29, 0.717) is 13.2 Å². The summed E-state index contributed by atoms with van der Waals surface area (Å²) in [5.41, 5.74) is -1.72. The zero-order valence-electron chi connectivity index (χ0n) is 14.4. The van der Waals surface area contributed by atoms with Gasteiger partial charge in [-0.3, -0.25) is 9.78 Å². The Morgan fingerprint density at radius 2 is 2.16 bits per heavy atom. The van der Waals surface area contributed by atoms with Crippen LogP contribution in [0.2, 0.25) is 0 Å². The Balaban J connectivity index is 1.96. The molecule has 0 aromatic carbocycles. The van der Waals surface area contributed by atoms with Gasteiger partial charge in [-0.15, -0.1) is 0 Å². The second-order valence-corrected chi connectivity index (χ2v) is 6.80. The fraction of sp³-hybridized carbons (Fsp3) is 0.647. The second-order valence-electron chi connectivity index (χ2n) is 6.80. The third kappa shape index (κ3) is 5.88. The molecule has 1 aliphatic heterocycles. The fourth-order valence-corrected chi connectivity index (χ4v) is 2.57. The van der Waals surface area contributed by atoms with Crippen molar-refractivity contribution in [2.75, 3.05) is 19.8 Å². The van der Waals surface area contributed by atoms with E-state index >= 15 is 0 Å². The van der Waals surface area contributed by atoms with E-state index in [2.05, 4.69) is 10.3 Å². The third-order valence-corrected chi connectivity index (χ3v) is 3.92. The molecule has 0 spiro atoms. The Hall–Kier alpha value is -1.83. The van der Waals surface area contributed by atoms with Crippen molar-refractivity contribution in [2.24, 2.45) is 5.92 Å². The summed E-state index contributed by atoms with van der Waals surface area (Å²) in [6, 6.07) is 0.865. The first-order valence-corrected chi connectivity index (χ1v) is 8.23. The van der Waals surface area contributed by atoms with Gasteiger partial charge in [-0.25, -0.2) is 0 Å². The number of hydrogen-bond acceptors (Lipinski definition) is 4. The summed E-state index contributed by atoms with van der Waals surface area (Å²) in [6.45, 7) is 4.31. The van der Waals surface area contributed by atoms with E-state index in [1.54, 1.807) is 13.8 Å². The van der Waals surface area contributed by atoms with E-state index in [4.69, 9.17) is 9.47 Å². The number of carbonyl (C=O) groups excluding carboxylic acids is 1. The van der Waals surface area contributed by atoms with Gasteiger partial charge in [0.2, 0.25) is 5.91 Å². The lowest BCUT2D eigenvalue weighted by Gasteiger charge is -2.29. The van der Waals surface area contributed by atoms with Gasteiger partial charge >= 0.3 is 6.18 Å². The molecule has 140 valence electrons. The van der Waals surface area contributed by atoms with Crippen molar-refractivity contribution in [3.8, 4) is 5.75 Å². The van der Waals surface area contributed by atoms with Gasteiger partial charge in [0.15, 0.2) is 0 Å². The lowest BCUT2D eigenvalue weighted by molar-refractivity contribution is -0.139. The maximum absolute atomic E-state index is 13.0. The maximum atomic E-state index is 13.0. The van der Waals surface area contributed by atoms with Crippen LogP contribution in [0.3, 0.4) is 0 Å².